The van der Waals surface area contributed by atoms with Crippen LogP contribution in [0.25, 0.3) is 0 Å². The monoisotopic (exact) mass is 369 g/mol. The van der Waals surface area contributed by atoms with E-state index in [1.807, 2.05) is 0 Å². The van der Waals surface area contributed by atoms with Gasteiger partial charge in [0, 0.05) is 38.3 Å². The zero-order valence-corrected chi connectivity index (χ0v) is 15.7. The lowest BCUT2D eigenvalue weighted by molar-refractivity contribution is -0.129. The van der Waals surface area contributed by atoms with E-state index in [0.29, 0.717) is 17.7 Å². The molecule has 0 aliphatic heterocycles. The van der Waals surface area contributed by atoms with E-state index in [-0.39, 0.29) is 42.7 Å². The highest BCUT2D eigenvalue weighted by atomic mass is 35.5. The van der Waals surface area contributed by atoms with Gasteiger partial charge in [0.1, 0.15) is 6.54 Å². The highest BCUT2D eigenvalue weighted by Crippen LogP contribution is 2.42. The Morgan fingerprint density at radius 1 is 1.32 bits per heavy atom. The van der Waals surface area contributed by atoms with Crippen LogP contribution in [-0.2, 0) is 16.1 Å². The van der Waals surface area contributed by atoms with Gasteiger partial charge in [-0.25, -0.2) is 0 Å². The van der Waals surface area contributed by atoms with Crippen LogP contribution in [0.2, 0.25) is 0 Å². The van der Waals surface area contributed by atoms with Crippen molar-refractivity contribution in [2.75, 3.05) is 19.4 Å². The number of halogens is 1. The predicted molar refractivity (Wildman–Crippen MR) is 98.3 cm³/mol. The van der Waals surface area contributed by atoms with Gasteiger partial charge in [-0.2, -0.15) is 5.10 Å². The Morgan fingerprint density at radius 3 is 2.56 bits per heavy atom. The molecule has 0 aromatic carbocycles. The molecule has 2 unspecified atom stereocenters. The van der Waals surface area contributed by atoms with Crippen molar-refractivity contribution in [3.05, 3.63) is 12.3 Å². The minimum atomic E-state index is -0.0370. The quantitative estimate of drug-likeness (QED) is 0.840. The predicted octanol–water partition coefficient (Wildman–Crippen LogP) is 1.49. The van der Waals surface area contributed by atoms with E-state index in [1.165, 1.54) is 11.3 Å². The first-order valence-electron chi connectivity index (χ1n) is 8.74. The summed E-state index contributed by atoms with van der Waals surface area (Å²) in [5.41, 5.74) is 6.29. The average molecular weight is 370 g/mol. The van der Waals surface area contributed by atoms with E-state index in [9.17, 15) is 9.59 Å². The number of hydrogen-bond donors (Lipinski definition) is 2. The van der Waals surface area contributed by atoms with E-state index in [0.717, 1.165) is 25.7 Å². The molecule has 2 amide bonds. The number of aromatic nitrogens is 2. The maximum absolute atomic E-state index is 12.6. The van der Waals surface area contributed by atoms with Crippen molar-refractivity contribution in [1.29, 1.82) is 0 Å². The highest BCUT2D eigenvalue weighted by Gasteiger charge is 2.40. The van der Waals surface area contributed by atoms with Gasteiger partial charge in [0.2, 0.25) is 11.8 Å². The lowest BCUT2D eigenvalue weighted by Crippen LogP contribution is -2.48. The van der Waals surface area contributed by atoms with E-state index >= 15 is 0 Å². The largest absolute Gasteiger partial charge is 0.347 e. The van der Waals surface area contributed by atoms with Crippen molar-refractivity contribution in [2.45, 2.75) is 44.7 Å². The Kier molecular flexibility index (Phi) is 6.46. The van der Waals surface area contributed by atoms with Crippen LogP contribution in [0.4, 0.5) is 5.82 Å². The van der Waals surface area contributed by atoms with E-state index in [4.69, 9.17) is 5.73 Å². The number of amides is 2. The van der Waals surface area contributed by atoms with Gasteiger partial charge >= 0.3 is 0 Å². The summed E-state index contributed by atoms with van der Waals surface area (Å²) < 4.78 is 1.55. The van der Waals surface area contributed by atoms with Crippen LogP contribution < -0.4 is 11.1 Å². The fourth-order valence-corrected chi connectivity index (χ4v) is 4.03. The molecule has 0 saturated heterocycles. The minimum Gasteiger partial charge on any atom is -0.347 e. The number of carbonyl (C=O) groups excluding carboxylic acids is 2. The Balaban J connectivity index is 0.00000225. The van der Waals surface area contributed by atoms with E-state index in [1.54, 1.807) is 31.0 Å². The number of nitrogens with two attached hydrogens (primary N) is 1. The number of anilines is 1. The fraction of sp³-hybridized carbons (Fsp3) is 0.706. The number of fused-ring (bicyclic) bond motifs is 2. The Hall–Kier alpha value is -1.60. The summed E-state index contributed by atoms with van der Waals surface area (Å²) in [6, 6.07) is 2.00. The van der Waals surface area contributed by atoms with Crippen molar-refractivity contribution in [2.24, 2.45) is 23.5 Å². The first-order valence-corrected chi connectivity index (χ1v) is 8.74. The summed E-state index contributed by atoms with van der Waals surface area (Å²) in [6.07, 6.45) is 6.99. The minimum absolute atomic E-state index is 0. The molecule has 2 aliphatic carbocycles. The molecule has 2 aliphatic rings. The summed E-state index contributed by atoms with van der Waals surface area (Å²) in [5, 5.41) is 7.17. The molecule has 1 heterocycles. The average Bonchev–Trinajstić information content (AvgIpc) is 2.93. The van der Waals surface area contributed by atoms with E-state index < -0.39 is 0 Å². The Bertz CT molecular complexity index is 604. The molecule has 3 N–H and O–H groups in total. The standard InChI is InChI=1S/C17H27N5O2.ClH/c1-21(2)15(23)10-22-7-6-14(20-22)19-17(24)13-8-11-4-3-5-12(9-13)16(11)18;/h6-7,11-13,16H,3-5,8-10,18H2,1-2H3,(H,19,20,24);1H. The van der Waals surface area contributed by atoms with Gasteiger partial charge in [-0.3, -0.25) is 14.3 Å². The van der Waals surface area contributed by atoms with Crippen LogP contribution in [0.15, 0.2) is 12.3 Å². The first kappa shape index (κ1) is 19.7. The normalized spacial score (nSPS) is 28.0. The van der Waals surface area contributed by atoms with Crippen LogP contribution in [0.3, 0.4) is 0 Å². The summed E-state index contributed by atoms with van der Waals surface area (Å²) in [6.45, 7) is 0.172. The summed E-state index contributed by atoms with van der Waals surface area (Å²) in [4.78, 5) is 25.8. The lowest BCUT2D eigenvalue weighted by atomic mass is 9.65. The van der Waals surface area contributed by atoms with Crippen LogP contribution in [0, 0.1) is 17.8 Å². The number of nitrogens with zero attached hydrogens (tertiary/aromatic N) is 3. The molecule has 0 spiro atoms. The molecule has 7 nitrogen and oxygen atoms in total. The third kappa shape index (κ3) is 4.52. The number of likely N-dealkylation sites (N-methyl/N-ethyl adjacent to an activating group) is 1. The highest BCUT2D eigenvalue weighted by molar-refractivity contribution is 5.91. The van der Waals surface area contributed by atoms with Gasteiger partial charge in [0.15, 0.2) is 5.82 Å². The van der Waals surface area contributed by atoms with Crippen LogP contribution >= 0.6 is 12.4 Å². The van der Waals surface area contributed by atoms with Gasteiger partial charge in [-0.15, -0.1) is 12.4 Å². The molecule has 2 bridgehead atoms. The SMILES string of the molecule is CN(C)C(=O)Cn1ccc(NC(=O)C2CC3CCCC(C2)C3N)n1.Cl. The van der Waals surface area contributed by atoms with E-state index in [2.05, 4.69) is 10.4 Å². The third-order valence-corrected chi connectivity index (χ3v) is 5.47. The van der Waals surface area contributed by atoms with Gasteiger partial charge in [-0.05, 0) is 37.5 Å². The molecule has 1 aromatic rings. The molecule has 140 valence electrons. The Morgan fingerprint density at radius 2 is 1.96 bits per heavy atom. The summed E-state index contributed by atoms with van der Waals surface area (Å²) in [5.74, 6) is 1.47. The molecule has 1 aromatic heterocycles. The second-order valence-corrected chi connectivity index (χ2v) is 7.37. The van der Waals surface area contributed by atoms with Gasteiger partial charge in [0.05, 0.1) is 0 Å². The molecular formula is C17H28ClN5O2. The summed E-state index contributed by atoms with van der Waals surface area (Å²) >= 11 is 0. The van der Waals surface area contributed by atoms with Crippen molar-refractivity contribution in [1.82, 2.24) is 14.7 Å². The van der Waals surface area contributed by atoms with Crippen molar-refractivity contribution in [3.63, 3.8) is 0 Å². The maximum atomic E-state index is 12.6. The lowest BCUT2D eigenvalue weighted by Gasteiger charge is -2.43. The molecule has 2 atom stereocenters. The summed E-state index contributed by atoms with van der Waals surface area (Å²) in [7, 11) is 3.42. The molecular weight excluding hydrogens is 342 g/mol. The number of rotatable bonds is 4. The van der Waals surface area contributed by atoms with Crippen LogP contribution in [0.5, 0.6) is 0 Å². The van der Waals surface area contributed by atoms with Gasteiger partial charge in [-0.1, -0.05) is 6.42 Å². The van der Waals surface area contributed by atoms with Gasteiger partial charge in [0.25, 0.3) is 0 Å². The zero-order valence-electron chi connectivity index (χ0n) is 14.9. The van der Waals surface area contributed by atoms with Gasteiger partial charge < -0.3 is 16.0 Å². The molecule has 2 fully saturated rings. The van der Waals surface area contributed by atoms with Crippen molar-refractivity contribution < 1.29 is 9.59 Å². The zero-order chi connectivity index (χ0) is 17.3. The fourth-order valence-electron chi connectivity index (χ4n) is 4.03. The molecule has 8 heteroatoms. The smallest absolute Gasteiger partial charge is 0.243 e. The van der Waals surface area contributed by atoms with Crippen LogP contribution in [-0.4, -0.2) is 46.6 Å². The second kappa shape index (κ2) is 8.19. The number of hydrogen-bond acceptors (Lipinski definition) is 4. The second-order valence-electron chi connectivity index (χ2n) is 7.37. The molecule has 2 saturated carbocycles. The molecule has 3 rings (SSSR count). The molecule has 25 heavy (non-hydrogen) atoms. The maximum Gasteiger partial charge on any atom is 0.243 e. The topological polar surface area (TPSA) is 93.2 Å². The van der Waals surface area contributed by atoms with Crippen LogP contribution in [0.1, 0.15) is 32.1 Å². The first-order chi connectivity index (χ1) is 11.4. The van der Waals surface area contributed by atoms with Crippen molar-refractivity contribution >= 4 is 30.0 Å². The van der Waals surface area contributed by atoms with Crippen molar-refractivity contribution in [3.8, 4) is 0 Å². The number of nitrogens with one attached hydrogen (secondary N) is 1. The Labute approximate surface area is 154 Å². The number of carbonyl (C=O) groups is 2. The third-order valence-electron chi connectivity index (χ3n) is 5.47. The molecule has 0 radical (unpaired) electrons.